The normalized spacial score (nSPS) is 15.6. The summed E-state index contributed by atoms with van der Waals surface area (Å²) in [6.07, 6.45) is 1.87. The second-order valence-electron chi connectivity index (χ2n) is 5.62. The summed E-state index contributed by atoms with van der Waals surface area (Å²) in [5.74, 6) is 0.234. The van der Waals surface area contributed by atoms with E-state index in [-0.39, 0.29) is 11.3 Å². The molecule has 2 nitrogen and oxygen atoms in total. The van der Waals surface area contributed by atoms with Gasteiger partial charge in [0.25, 0.3) is 0 Å². The van der Waals surface area contributed by atoms with Gasteiger partial charge in [-0.1, -0.05) is 39.7 Å². The van der Waals surface area contributed by atoms with E-state index in [0.29, 0.717) is 13.1 Å². The van der Waals surface area contributed by atoms with Gasteiger partial charge in [-0.05, 0) is 49.6 Å². The number of hydrogen-bond donors (Lipinski definition) is 0. The lowest BCUT2D eigenvalue weighted by Crippen LogP contribution is -2.38. The van der Waals surface area contributed by atoms with Crippen LogP contribution in [0.3, 0.4) is 0 Å². The van der Waals surface area contributed by atoms with Crippen LogP contribution < -0.4 is 0 Å². The van der Waals surface area contributed by atoms with E-state index in [0.717, 1.165) is 32.1 Å². The van der Waals surface area contributed by atoms with Crippen LogP contribution in [0.1, 0.15) is 30.2 Å². The van der Waals surface area contributed by atoms with E-state index >= 15 is 0 Å². The molecule has 5 heteroatoms. The van der Waals surface area contributed by atoms with Gasteiger partial charge in [-0.25, -0.2) is 0 Å². The van der Waals surface area contributed by atoms with Crippen molar-refractivity contribution >= 4 is 44.8 Å². The molecule has 22 heavy (non-hydrogen) atoms. The third-order valence-electron chi connectivity index (χ3n) is 4.18. The number of amides is 1. The lowest BCUT2D eigenvalue weighted by Gasteiger charge is -2.26. The molecule has 0 saturated heterocycles. The van der Waals surface area contributed by atoms with E-state index in [2.05, 4.69) is 28.1 Å². The molecule has 1 aliphatic rings. The first-order valence-corrected chi connectivity index (χ1v) is 9.33. The monoisotopic (exact) mass is 397 g/mol. The molecule has 0 N–H and O–H groups in total. The molecule has 3 rings (SSSR count). The molecule has 1 fully saturated rings. The summed E-state index contributed by atoms with van der Waals surface area (Å²) in [5.41, 5.74) is 0.801. The zero-order valence-electron chi connectivity index (χ0n) is 12.3. The summed E-state index contributed by atoms with van der Waals surface area (Å²) >= 11 is 11.0. The maximum absolute atomic E-state index is 13.1. The predicted octanol–water partition coefficient (Wildman–Crippen LogP) is 5.24. The largest absolute Gasteiger partial charge is 0.337 e. The van der Waals surface area contributed by atoms with Gasteiger partial charge in [0.15, 0.2) is 0 Å². The molecule has 116 valence electrons. The number of carbonyl (C=O) groups is 1. The van der Waals surface area contributed by atoms with Gasteiger partial charge in [-0.2, -0.15) is 0 Å². The number of halogens is 2. The van der Waals surface area contributed by atoms with E-state index < -0.39 is 0 Å². The lowest BCUT2D eigenvalue weighted by atomic mass is 9.94. The first-order chi connectivity index (χ1) is 10.5. The van der Waals surface area contributed by atoms with E-state index in [4.69, 9.17) is 11.6 Å². The summed E-state index contributed by atoms with van der Waals surface area (Å²) in [4.78, 5) is 16.1. The molecule has 0 aliphatic heterocycles. The molecule has 1 aromatic heterocycles. The Morgan fingerprint density at radius 1 is 1.36 bits per heavy atom. The number of carbonyl (C=O) groups excluding carboxylic acids is 1. The van der Waals surface area contributed by atoms with Crippen LogP contribution in [0.2, 0.25) is 4.34 Å². The van der Waals surface area contributed by atoms with Crippen molar-refractivity contribution in [3.05, 3.63) is 55.6 Å². The Morgan fingerprint density at radius 2 is 2.14 bits per heavy atom. The summed E-state index contributed by atoms with van der Waals surface area (Å²) in [6, 6.07) is 12.0. The molecular formula is C17H17BrClNOS. The Morgan fingerprint density at radius 3 is 2.68 bits per heavy atom. The summed E-state index contributed by atoms with van der Waals surface area (Å²) in [5, 5.41) is 0. The molecule has 0 bridgehead atoms. The molecule has 0 spiro atoms. The van der Waals surface area contributed by atoms with Gasteiger partial charge >= 0.3 is 0 Å². The maximum atomic E-state index is 13.1. The Kier molecular flexibility index (Phi) is 4.62. The fraction of sp³-hybridized carbons (Fsp3) is 0.353. The van der Waals surface area contributed by atoms with Crippen molar-refractivity contribution in [1.82, 2.24) is 4.90 Å². The van der Waals surface area contributed by atoms with Crippen LogP contribution in [0.5, 0.6) is 0 Å². The van der Waals surface area contributed by atoms with Crippen LogP contribution in [0.15, 0.2) is 40.9 Å². The second-order valence-corrected chi connectivity index (χ2v) is 8.33. The van der Waals surface area contributed by atoms with E-state index in [1.807, 2.05) is 36.1 Å². The highest BCUT2D eigenvalue weighted by atomic mass is 79.9. The van der Waals surface area contributed by atoms with Gasteiger partial charge in [0.2, 0.25) is 5.91 Å². The van der Waals surface area contributed by atoms with Gasteiger partial charge < -0.3 is 4.90 Å². The van der Waals surface area contributed by atoms with Crippen LogP contribution >= 0.6 is 38.9 Å². The Hall–Kier alpha value is -0.840. The summed E-state index contributed by atoms with van der Waals surface area (Å²) in [7, 11) is 0. The maximum Gasteiger partial charge on any atom is 0.233 e. The van der Waals surface area contributed by atoms with Crippen molar-refractivity contribution in [2.75, 3.05) is 6.54 Å². The van der Waals surface area contributed by atoms with Crippen LogP contribution in [-0.4, -0.2) is 17.4 Å². The minimum absolute atomic E-state index is 0.234. The predicted molar refractivity (Wildman–Crippen MR) is 95.5 cm³/mol. The van der Waals surface area contributed by atoms with Crippen molar-refractivity contribution in [1.29, 1.82) is 0 Å². The fourth-order valence-corrected chi connectivity index (χ4v) is 4.29. The molecule has 1 aromatic carbocycles. The average molecular weight is 399 g/mol. The minimum Gasteiger partial charge on any atom is -0.337 e. The number of thiophene rings is 1. The van der Waals surface area contributed by atoms with Gasteiger partial charge in [0.05, 0.1) is 16.3 Å². The molecule has 0 atom stereocenters. The Labute approximate surface area is 148 Å². The number of nitrogens with zero attached hydrogens (tertiary/aromatic N) is 1. The quantitative estimate of drug-likeness (QED) is 0.674. The first-order valence-electron chi connectivity index (χ1n) is 7.35. The van der Waals surface area contributed by atoms with Crippen LogP contribution in [0, 0.1) is 0 Å². The molecule has 1 saturated carbocycles. The van der Waals surface area contributed by atoms with Crippen LogP contribution in [-0.2, 0) is 16.8 Å². The second kappa shape index (κ2) is 6.34. The van der Waals surface area contributed by atoms with Crippen molar-refractivity contribution in [2.24, 2.45) is 0 Å². The highest BCUT2D eigenvalue weighted by Crippen LogP contribution is 2.50. The van der Waals surface area contributed by atoms with E-state index in [1.54, 1.807) is 11.3 Å². The molecule has 2 aromatic rings. The fourth-order valence-electron chi connectivity index (χ4n) is 2.79. The number of rotatable bonds is 5. The van der Waals surface area contributed by atoms with Crippen LogP contribution in [0.4, 0.5) is 0 Å². The molecule has 1 heterocycles. The zero-order chi connectivity index (χ0) is 15.7. The minimum atomic E-state index is -0.319. The van der Waals surface area contributed by atoms with Gasteiger partial charge in [0, 0.05) is 15.9 Å². The summed E-state index contributed by atoms with van der Waals surface area (Å²) < 4.78 is 1.80. The van der Waals surface area contributed by atoms with Gasteiger partial charge in [0.1, 0.15) is 0 Å². The third-order valence-corrected chi connectivity index (χ3v) is 5.89. The SMILES string of the molecule is CCN(Cc1ccc(Cl)s1)C(=O)C1(c2cccc(Br)c2)CC1. The molecular weight excluding hydrogens is 382 g/mol. The van der Waals surface area contributed by atoms with Crippen molar-refractivity contribution in [3.63, 3.8) is 0 Å². The average Bonchev–Trinajstić information content (AvgIpc) is 3.22. The van der Waals surface area contributed by atoms with Gasteiger partial charge in [-0.3, -0.25) is 4.79 Å². The van der Waals surface area contributed by atoms with E-state index in [9.17, 15) is 4.79 Å². The smallest absolute Gasteiger partial charge is 0.233 e. The third kappa shape index (κ3) is 3.10. The topological polar surface area (TPSA) is 20.3 Å². The van der Waals surface area contributed by atoms with Crippen LogP contribution in [0.25, 0.3) is 0 Å². The van der Waals surface area contributed by atoms with Crippen molar-refractivity contribution in [2.45, 2.75) is 31.7 Å². The number of benzene rings is 1. The highest BCUT2D eigenvalue weighted by molar-refractivity contribution is 9.10. The standard InChI is InChI=1S/C17H17BrClNOS/c1-2-20(11-14-6-7-15(19)22-14)16(21)17(8-9-17)12-4-3-5-13(18)10-12/h3-7,10H,2,8-9,11H2,1H3. The molecule has 0 unspecified atom stereocenters. The lowest BCUT2D eigenvalue weighted by molar-refractivity contribution is -0.134. The number of likely N-dealkylation sites (N-methyl/N-ethyl adjacent to an activating group) is 1. The first kappa shape index (κ1) is 16.0. The molecule has 1 amide bonds. The molecule has 1 aliphatic carbocycles. The summed E-state index contributed by atoms with van der Waals surface area (Å²) in [6.45, 7) is 3.39. The molecule has 0 radical (unpaired) electrons. The highest BCUT2D eigenvalue weighted by Gasteiger charge is 2.52. The van der Waals surface area contributed by atoms with E-state index in [1.165, 1.54) is 0 Å². The number of hydrogen-bond acceptors (Lipinski definition) is 2. The van der Waals surface area contributed by atoms with Gasteiger partial charge in [-0.15, -0.1) is 11.3 Å². The van der Waals surface area contributed by atoms with Crippen molar-refractivity contribution < 1.29 is 4.79 Å². The van der Waals surface area contributed by atoms with Crippen molar-refractivity contribution in [3.8, 4) is 0 Å². The Bertz CT molecular complexity index is 695. The zero-order valence-corrected chi connectivity index (χ0v) is 15.5. The Balaban J connectivity index is 1.82.